The van der Waals surface area contributed by atoms with Crippen molar-refractivity contribution in [1.29, 1.82) is 0 Å². The van der Waals surface area contributed by atoms with Crippen LogP contribution in [0.25, 0.3) is 0 Å². The molecule has 6 heteroatoms. The molecule has 0 amide bonds. The molecule has 4 rings (SSSR count). The van der Waals surface area contributed by atoms with E-state index < -0.39 is 5.79 Å². The Kier molecular flexibility index (Phi) is 7.10. The topological polar surface area (TPSA) is 61.7 Å². The summed E-state index contributed by atoms with van der Waals surface area (Å²) in [5.41, 5.74) is 2.41. The molecule has 2 aliphatic rings. The molecule has 1 atom stereocenters. The number of aliphatic hydroxyl groups is 1. The van der Waals surface area contributed by atoms with E-state index in [1.165, 1.54) is 5.56 Å². The molecule has 0 radical (unpaired) electrons. The van der Waals surface area contributed by atoms with Crippen molar-refractivity contribution in [2.24, 2.45) is 11.8 Å². The lowest BCUT2D eigenvalue weighted by Crippen LogP contribution is -2.53. The summed E-state index contributed by atoms with van der Waals surface area (Å²) in [6.07, 6.45) is 9.45. The second-order valence-electron chi connectivity index (χ2n) is 8.73. The number of likely N-dealkylation sites (tertiary alicyclic amines) is 2. The highest BCUT2D eigenvalue weighted by Crippen LogP contribution is 2.39. The van der Waals surface area contributed by atoms with Crippen LogP contribution in [0.3, 0.4) is 0 Å². The predicted molar refractivity (Wildman–Crippen MR) is 116 cm³/mol. The molecule has 0 saturated carbocycles. The quantitative estimate of drug-likeness (QED) is 0.708. The van der Waals surface area contributed by atoms with Gasteiger partial charge in [-0.3, -0.25) is 19.8 Å². The van der Waals surface area contributed by atoms with Crippen LogP contribution < -0.4 is 0 Å². The second kappa shape index (κ2) is 9.96. The van der Waals surface area contributed by atoms with Gasteiger partial charge in [-0.1, -0.05) is 6.07 Å². The fourth-order valence-electron chi connectivity index (χ4n) is 5.14. The summed E-state index contributed by atoms with van der Waals surface area (Å²) < 4.78 is 5.82. The van der Waals surface area contributed by atoms with Crippen LogP contribution in [0.1, 0.15) is 36.9 Å². The number of rotatable bonds is 7. The van der Waals surface area contributed by atoms with E-state index in [1.54, 1.807) is 7.11 Å². The minimum Gasteiger partial charge on any atom is -0.365 e. The summed E-state index contributed by atoms with van der Waals surface area (Å²) in [5, 5.41) is 11.5. The number of aromatic nitrogens is 2. The lowest BCUT2D eigenvalue weighted by atomic mass is 9.76. The number of methoxy groups -OCH3 is 1. The normalized spacial score (nSPS) is 22.1. The predicted octanol–water partition coefficient (Wildman–Crippen LogP) is 2.94. The van der Waals surface area contributed by atoms with Crippen LogP contribution in [0.15, 0.2) is 48.9 Å². The Balaban J connectivity index is 1.29. The maximum atomic E-state index is 11.5. The molecule has 0 spiro atoms. The monoisotopic (exact) mass is 410 g/mol. The minimum absolute atomic E-state index is 0.194. The zero-order valence-electron chi connectivity index (χ0n) is 18.0. The van der Waals surface area contributed by atoms with Gasteiger partial charge in [-0.05, 0) is 81.7 Å². The molecule has 1 unspecified atom stereocenters. The third kappa shape index (κ3) is 5.06. The largest absolute Gasteiger partial charge is 0.365 e. The van der Waals surface area contributed by atoms with E-state index >= 15 is 0 Å². The van der Waals surface area contributed by atoms with Gasteiger partial charge >= 0.3 is 0 Å². The first-order valence-corrected chi connectivity index (χ1v) is 11.2. The zero-order chi connectivity index (χ0) is 20.8. The lowest BCUT2D eigenvalue weighted by Gasteiger charge is -2.47. The van der Waals surface area contributed by atoms with Crippen molar-refractivity contribution >= 4 is 0 Å². The summed E-state index contributed by atoms with van der Waals surface area (Å²) in [4.78, 5) is 13.4. The van der Waals surface area contributed by atoms with Crippen molar-refractivity contribution in [2.45, 2.75) is 44.6 Å². The number of hydrogen-bond acceptors (Lipinski definition) is 6. The second-order valence-corrected chi connectivity index (χ2v) is 8.73. The van der Waals surface area contributed by atoms with Crippen LogP contribution in [0.4, 0.5) is 0 Å². The minimum atomic E-state index is -1.01. The van der Waals surface area contributed by atoms with Crippen LogP contribution >= 0.6 is 0 Å². The molecule has 1 N–H and O–H groups in total. The summed E-state index contributed by atoms with van der Waals surface area (Å²) in [7, 11) is 1.68. The van der Waals surface area contributed by atoms with Crippen LogP contribution in [-0.2, 0) is 17.8 Å². The van der Waals surface area contributed by atoms with Gasteiger partial charge < -0.3 is 9.84 Å². The Morgan fingerprint density at radius 1 is 0.900 bits per heavy atom. The van der Waals surface area contributed by atoms with E-state index in [1.807, 2.05) is 30.7 Å². The molecular weight excluding hydrogens is 376 g/mol. The highest BCUT2D eigenvalue weighted by molar-refractivity contribution is 5.09. The van der Waals surface area contributed by atoms with E-state index in [0.717, 1.165) is 70.6 Å². The number of ether oxygens (including phenoxy) is 1. The van der Waals surface area contributed by atoms with E-state index in [9.17, 15) is 5.11 Å². The van der Waals surface area contributed by atoms with Gasteiger partial charge in [0.15, 0.2) is 5.79 Å². The Bertz CT molecular complexity index is 696. The smallest absolute Gasteiger partial charge is 0.170 e. The number of piperidine rings is 2. The third-order valence-corrected chi connectivity index (χ3v) is 6.94. The van der Waals surface area contributed by atoms with Gasteiger partial charge in [0, 0.05) is 50.6 Å². The molecule has 2 aliphatic heterocycles. The van der Waals surface area contributed by atoms with Gasteiger partial charge in [-0.15, -0.1) is 0 Å². The molecule has 6 nitrogen and oxygen atoms in total. The van der Waals surface area contributed by atoms with Crippen LogP contribution in [-0.4, -0.2) is 64.0 Å². The molecule has 0 bridgehead atoms. The lowest BCUT2D eigenvalue weighted by molar-refractivity contribution is -0.268. The fourth-order valence-corrected chi connectivity index (χ4v) is 5.14. The average Bonchev–Trinajstić information content (AvgIpc) is 2.81. The van der Waals surface area contributed by atoms with Crippen LogP contribution in [0.2, 0.25) is 0 Å². The summed E-state index contributed by atoms with van der Waals surface area (Å²) in [5.74, 6) is -0.623. The summed E-state index contributed by atoms with van der Waals surface area (Å²) in [6.45, 7) is 5.79. The molecule has 2 aromatic rings. The first-order chi connectivity index (χ1) is 14.7. The first-order valence-electron chi connectivity index (χ1n) is 11.2. The van der Waals surface area contributed by atoms with Crippen LogP contribution in [0, 0.1) is 11.8 Å². The molecule has 0 aliphatic carbocycles. The van der Waals surface area contributed by atoms with Crippen molar-refractivity contribution in [2.75, 3.05) is 33.3 Å². The van der Waals surface area contributed by atoms with E-state index in [4.69, 9.17) is 4.74 Å². The molecule has 162 valence electrons. The van der Waals surface area contributed by atoms with Gasteiger partial charge in [0.25, 0.3) is 0 Å². The molecule has 30 heavy (non-hydrogen) atoms. The molecule has 2 aromatic heterocycles. The van der Waals surface area contributed by atoms with E-state index in [2.05, 4.69) is 38.0 Å². The highest BCUT2D eigenvalue weighted by atomic mass is 16.6. The Hall–Kier alpha value is -1.86. The first kappa shape index (κ1) is 21.4. The van der Waals surface area contributed by atoms with Gasteiger partial charge in [0.1, 0.15) is 0 Å². The van der Waals surface area contributed by atoms with E-state index in [0.29, 0.717) is 0 Å². The van der Waals surface area contributed by atoms with Crippen molar-refractivity contribution < 1.29 is 9.84 Å². The average molecular weight is 411 g/mol. The zero-order valence-corrected chi connectivity index (χ0v) is 18.0. The maximum absolute atomic E-state index is 11.5. The standard InChI is InChI=1S/C24H34N4O2/c1-30-24(29,21-7-14-27(15-8-21)18-20-5-12-25-13-6-20)22-9-16-28(17-10-22)19-23-4-2-3-11-26-23/h2-6,11-13,21-22,29H,7-10,14-19H2,1H3. The SMILES string of the molecule is COC(O)(C1CCN(Cc2ccncc2)CC1)C1CCN(Cc2ccccn2)CC1. The Morgan fingerprint density at radius 2 is 1.50 bits per heavy atom. The fraction of sp³-hybridized carbons (Fsp3) is 0.583. The van der Waals surface area contributed by atoms with Crippen molar-refractivity contribution in [1.82, 2.24) is 19.8 Å². The molecule has 0 aromatic carbocycles. The van der Waals surface area contributed by atoms with Gasteiger partial charge in [-0.2, -0.15) is 0 Å². The van der Waals surface area contributed by atoms with Gasteiger partial charge in [-0.25, -0.2) is 0 Å². The Morgan fingerprint density at radius 3 is 2.03 bits per heavy atom. The molecule has 2 saturated heterocycles. The summed E-state index contributed by atoms with van der Waals surface area (Å²) >= 11 is 0. The number of nitrogens with zero attached hydrogens (tertiary/aromatic N) is 4. The molecular formula is C24H34N4O2. The molecule has 4 heterocycles. The highest BCUT2D eigenvalue weighted by Gasteiger charge is 2.46. The van der Waals surface area contributed by atoms with Crippen molar-refractivity contribution in [3.8, 4) is 0 Å². The van der Waals surface area contributed by atoms with Crippen molar-refractivity contribution in [3.05, 3.63) is 60.2 Å². The van der Waals surface area contributed by atoms with Gasteiger partial charge in [0.2, 0.25) is 0 Å². The van der Waals surface area contributed by atoms with Crippen molar-refractivity contribution in [3.63, 3.8) is 0 Å². The maximum Gasteiger partial charge on any atom is 0.170 e. The van der Waals surface area contributed by atoms with E-state index in [-0.39, 0.29) is 11.8 Å². The number of hydrogen-bond donors (Lipinski definition) is 1. The molecule has 2 fully saturated rings. The third-order valence-electron chi connectivity index (χ3n) is 6.94. The van der Waals surface area contributed by atoms with Crippen LogP contribution in [0.5, 0.6) is 0 Å². The number of pyridine rings is 2. The van der Waals surface area contributed by atoms with Gasteiger partial charge in [0.05, 0.1) is 5.69 Å². The summed E-state index contributed by atoms with van der Waals surface area (Å²) in [6, 6.07) is 10.2. The Labute approximate surface area is 179 Å².